The summed E-state index contributed by atoms with van der Waals surface area (Å²) in [5, 5.41) is 4.17. The van der Waals surface area contributed by atoms with E-state index in [-0.39, 0.29) is 18.1 Å². The average Bonchev–Trinajstić information content (AvgIpc) is 3.37. The Morgan fingerprint density at radius 3 is 2.69 bits per heavy atom. The summed E-state index contributed by atoms with van der Waals surface area (Å²) in [6, 6.07) is 11.6. The lowest BCUT2D eigenvalue weighted by Crippen LogP contribution is -2.27. The van der Waals surface area contributed by atoms with Crippen LogP contribution < -0.4 is 9.47 Å². The molecule has 4 rings (SSSR count). The standard InChI is InChI=1S/C25H29N3O4/c1-15(2)31-21-10-8-18(13-22(21)30-5)24-26-25(32-27-24)20-9-11-23(29)28(20)14-19-7-6-16(3)12-17(19)4/h6-8,10,12-13,15,20H,9,11,14H2,1-5H3. The van der Waals surface area contributed by atoms with Gasteiger partial charge in [0.25, 0.3) is 0 Å². The Morgan fingerprint density at radius 2 is 1.97 bits per heavy atom. The summed E-state index contributed by atoms with van der Waals surface area (Å²) in [6.07, 6.45) is 1.17. The van der Waals surface area contributed by atoms with Gasteiger partial charge in [0.1, 0.15) is 6.04 Å². The van der Waals surface area contributed by atoms with Crippen LogP contribution in [0.15, 0.2) is 40.9 Å². The molecule has 2 heterocycles. The Labute approximate surface area is 188 Å². The molecule has 1 aliphatic rings. The number of carbonyl (C=O) groups excluding carboxylic acids is 1. The summed E-state index contributed by atoms with van der Waals surface area (Å²) in [6.45, 7) is 8.60. The minimum atomic E-state index is -0.227. The SMILES string of the molecule is COc1cc(-c2noc(C3CCC(=O)N3Cc3ccc(C)cc3C)n2)ccc1OC(C)C. The van der Waals surface area contributed by atoms with Crippen LogP contribution in [0.1, 0.15) is 55.3 Å². The van der Waals surface area contributed by atoms with Crippen molar-refractivity contribution in [2.24, 2.45) is 0 Å². The molecule has 0 spiro atoms. The van der Waals surface area contributed by atoms with Gasteiger partial charge >= 0.3 is 0 Å². The molecule has 1 fully saturated rings. The van der Waals surface area contributed by atoms with E-state index in [0.717, 1.165) is 11.1 Å². The molecule has 1 amide bonds. The van der Waals surface area contributed by atoms with Gasteiger partial charge in [-0.05, 0) is 63.4 Å². The zero-order valence-electron chi connectivity index (χ0n) is 19.2. The van der Waals surface area contributed by atoms with Gasteiger partial charge < -0.3 is 18.9 Å². The van der Waals surface area contributed by atoms with Crippen molar-refractivity contribution in [2.45, 2.75) is 59.2 Å². The van der Waals surface area contributed by atoms with E-state index < -0.39 is 0 Å². The highest BCUT2D eigenvalue weighted by Crippen LogP contribution is 2.36. The van der Waals surface area contributed by atoms with Gasteiger partial charge in [-0.3, -0.25) is 4.79 Å². The Hall–Kier alpha value is -3.35. The van der Waals surface area contributed by atoms with Gasteiger partial charge in [-0.25, -0.2) is 0 Å². The Morgan fingerprint density at radius 1 is 1.16 bits per heavy atom. The van der Waals surface area contributed by atoms with E-state index in [1.807, 2.05) is 36.9 Å². The van der Waals surface area contributed by atoms with Gasteiger partial charge in [0.15, 0.2) is 11.5 Å². The van der Waals surface area contributed by atoms with E-state index >= 15 is 0 Å². The van der Waals surface area contributed by atoms with Gasteiger partial charge in [-0.2, -0.15) is 4.98 Å². The predicted molar refractivity (Wildman–Crippen MR) is 120 cm³/mol. The summed E-state index contributed by atoms with van der Waals surface area (Å²) < 4.78 is 16.9. The minimum absolute atomic E-state index is 0.0366. The molecule has 1 unspecified atom stereocenters. The lowest BCUT2D eigenvalue weighted by Gasteiger charge is -2.23. The molecule has 0 saturated carbocycles. The fraction of sp³-hybridized carbons (Fsp3) is 0.400. The number of ether oxygens (including phenoxy) is 2. The maximum Gasteiger partial charge on any atom is 0.249 e. The highest BCUT2D eigenvalue weighted by atomic mass is 16.5. The number of aryl methyl sites for hydroxylation is 2. The number of likely N-dealkylation sites (tertiary alicyclic amines) is 1. The minimum Gasteiger partial charge on any atom is -0.493 e. The smallest absolute Gasteiger partial charge is 0.249 e. The van der Waals surface area contributed by atoms with Crippen LogP contribution in [0.3, 0.4) is 0 Å². The van der Waals surface area contributed by atoms with Gasteiger partial charge in [0.05, 0.1) is 13.2 Å². The Kier molecular flexibility index (Phi) is 6.17. The van der Waals surface area contributed by atoms with Crippen molar-refractivity contribution in [1.29, 1.82) is 0 Å². The molecule has 0 N–H and O–H groups in total. The van der Waals surface area contributed by atoms with Crippen LogP contribution in [0, 0.1) is 13.8 Å². The monoisotopic (exact) mass is 435 g/mol. The first kappa shape index (κ1) is 21.9. The third-order valence-electron chi connectivity index (χ3n) is 5.68. The lowest BCUT2D eigenvalue weighted by molar-refractivity contribution is -0.130. The van der Waals surface area contributed by atoms with E-state index in [9.17, 15) is 4.79 Å². The van der Waals surface area contributed by atoms with Crippen molar-refractivity contribution in [3.8, 4) is 22.9 Å². The molecule has 7 heteroatoms. The van der Waals surface area contributed by atoms with Crippen molar-refractivity contribution in [3.05, 3.63) is 59.0 Å². The van der Waals surface area contributed by atoms with Crippen molar-refractivity contribution in [1.82, 2.24) is 15.0 Å². The lowest BCUT2D eigenvalue weighted by atomic mass is 10.0. The third kappa shape index (κ3) is 4.47. The molecule has 1 saturated heterocycles. The number of amides is 1. The molecule has 0 aliphatic carbocycles. The summed E-state index contributed by atoms with van der Waals surface area (Å²) >= 11 is 0. The summed E-state index contributed by atoms with van der Waals surface area (Å²) in [5.74, 6) is 2.29. The van der Waals surface area contributed by atoms with Crippen LogP contribution in [0.25, 0.3) is 11.4 Å². The number of benzene rings is 2. The molecule has 3 aromatic rings. The van der Waals surface area contributed by atoms with E-state index in [2.05, 4.69) is 42.2 Å². The number of rotatable bonds is 7. The molecule has 1 atom stereocenters. The number of carbonyl (C=O) groups is 1. The number of methoxy groups -OCH3 is 1. The van der Waals surface area contributed by atoms with E-state index in [1.54, 1.807) is 7.11 Å². The molecular formula is C25H29N3O4. The van der Waals surface area contributed by atoms with Gasteiger partial charge in [-0.15, -0.1) is 0 Å². The predicted octanol–water partition coefficient (Wildman–Crippen LogP) is 5.01. The summed E-state index contributed by atoms with van der Waals surface area (Å²) in [5.41, 5.74) is 4.27. The molecule has 0 radical (unpaired) electrons. The van der Waals surface area contributed by atoms with E-state index in [1.165, 1.54) is 11.1 Å². The number of nitrogens with zero attached hydrogens (tertiary/aromatic N) is 3. The number of hydrogen-bond donors (Lipinski definition) is 0. The normalized spacial score (nSPS) is 16.1. The fourth-order valence-corrected chi connectivity index (χ4v) is 4.04. The molecule has 1 aliphatic heterocycles. The first-order chi connectivity index (χ1) is 15.4. The molecule has 168 valence electrons. The maximum absolute atomic E-state index is 12.6. The van der Waals surface area contributed by atoms with Gasteiger partial charge in [0, 0.05) is 18.5 Å². The van der Waals surface area contributed by atoms with Crippen LogP contribution in [-0.4, -0.2) is 34.2 Å². The third-order valence-corrected chi connectivity index (χ3v) is 5.68. The van der Waals surface area contributed by atoms with Crippen LogP contribution >= 0.6 is 0 Å². The van der Waals surface area contributed by atoms with Crippen molar-refractivity contribution in [2.75, 3.05) is 7.11 Å². The second-order valence-corrected chi connectivity index (χ2v) is 8.49. The largest absolute Gasteiger partial charge is 0.493 e. The van der Waals surface area contributed by atoms with Crippen molar-refractivity contribution < 1.29 is 18.8 Å². The van der Waals surface area contributed by atoms with E-state index in [4.69, 9.17) is 14.0 Å². The average molecular weight is 436 g/mol. The van der Waals surface area contributed by atoms with E-state index in [0.29, 0.717) is 42.6 Å². The van der Waals surface area contributed by atoms with Crippen LogP contribution in [0.2, 0.25) is 0 Å². The molecule has 1 aromatic heterocycles. The summed E-state index contributed by atoms with van der Waals surface area (Å²) in [4.78, 5) is 19.1. The summed E-state index contributed by atoms with van der Waals surface area (Å²) in [7, 11) is 1.60. The van der Waals surface area contributed by atoms with Gasteiger partial charge in [0.2, 0.25) is 17.6 Å². The molecular weight excluding hydrogens is 406 g/mol. The highest BCUT2D eigenvalue weighted by molar-refractivity contribution is 5.79. The number of aromatic nitrogens is 2. The molecule has 32 heavy (non-hydrogen) atoms. The Bertz CT molecular complexity index is 1120. The van der Waals surface area contributed by atoms with Crippen LogP contribution in [-0.2, 0) is 11.3 Å². The quantitative estimate of drug-likeness (QED) is 0.519. The van der Waals surface area contributed by atoms with Crippen molar-refractivity contribution >= 4 is 5.91 Å². The molecule has 2 aromatic carbocycles. The van der Waals surface area contributed by atoms with Gasteiger partial charge in [-0.1, -0.05) is 28.9 Å². The topological polar surface area (TPSA) is 77.7 Å². The fourth-order valence-electron chi connectivity index (χ4n) is 4.04. The van der Waals surface area contributed by atoms with Crippen molar-refractivity contribution in [3.63, 3.8) is 0 Å². The highest BCUT2D eigenvalue weighted by Gasteiger charge is 2.36. The first-order valence-electron chi connectivity index (χ1n) is 10.9. The zero-order chi connectivity index (χ0) is 22.8. The maximum atomic E-state index is 12.6. The Balaban J connectivity index is 1.57. The first-order valence-corrected chi connectivity index (χ1v) is 10.9. The number of hydrogen-bond acceptors (Lipinski definition) is 6. The molecule has 7 nitrogen and oxygen atoms in total. The second kappa shape index (κ2) is 9.02. The molecule has 0 bridgehead atoms. The zero-order valence-corrected chi connectivity index (χ0v) is 19.2. The van der Waals surface area contributed by atoms with Crippen LogP contribution in [0.4, 0.5) is 0 Å². The second-order valence-electron chi connectivity index (χ2n) is 8.49. The van der Waals surface area contributed by atoms with Crippen LogP contribution in [0.5, 0.6) is 11.5 Å².